The van der Waals surface area contributed by atoms with E-state index in [1.54, 1.807) is 13.8 Å². The van der Waals surface area contributed by atoms with Gasteiger partial charge in [-0.25, -0.2) is 0 Å². The van der Waals surface area contributed by atoms with Gasteiger partial charge in [0.2, 0.25) is 5.91 Å². The zero-order valence-electron chi connectivity index (χ0n) is 13.3. The van der Waals surface area contributed by atoms with Gasteiger partial charge in [0.1, 0.15) is 11.6 Å². The van der Waals surface area contributed by atoms with Crippen LogP contribution in [-0.2, 0) is 24.0 Å². The first-order chi connectivity index (χ1) is 10.2. The molecule has 0 aromatic heterocycles. The van der Waals surface area contributed by atoms with E-state index in [1.165, 1.54) is 6.92 Å². The van der Waals surface area contributed by atoms with Crippen LogP contribution in [0.1, 0.15) is 46.5 Å². The summed E-state index contributed by atoms with van der Waals surface area (Å²) in [5.74, 6) is -0.775. The molecule has 0 heterocycles. The van der Waals surface area contributed by atoms with Gasteiger partial charge in [-0.05, 0) is 0 Å². The Hall–Kier alpha value is -1.50. The number of carbonyl (C=O) groups excluding carboxylic acids is 5. The van der Waals surface area contributed by atoms with Gasteiger partial charge in [-0.1, -0.05) is 25.6 Å². The molecule has 0 radical (unpaired) electrons. The van der Waals surface area contributed by atoms with Crippen molar-refractivity contribution in [1.29, 1.82) is 0 Å². The van der Waals surface area contributed by atoms with Gasteiger partial charge in [0.15, 0.2) is 10.9 Å². The summed E-state index contributed by atoms with van der Waals surface area (Å²) >= 11 is 0.915. The Morgan fingerprint density at radius 1 is 0.909 bits per heavy atom. The number of amides is 1. The fraction of sp³-hybridized carbons (Fsp3) is 0.667. The van der Waals surface area contributed by atoms with Crippen LogP contribution in [0.5, 0.6) is 0 Å². The fourth-order valence-corrected chi connectivity index (χ4v) is 1.94. The lowest BCUT2D eigenvalue weighted by Crippen LogP contribution is -2.30. The highest BCUT2D eigenvalue weighted by atomic mass is 32.2. The normalized spacial score (nSPS) is 10.4. The molecule has 0 spiro atoms. The van der Waals surface area contributed by atoms with Gasteiger partial charge in [-0.2, -0.15) is 0 Å². The molecule has 0 aliphatic carbocycles. The lowest BCUT2D eigenvalue weighted by Gasteiger charge is -2.05. The van der Waals surface area contributed by atoms with E-state index in [9.17, 15) is 24.0 Å². The molecule has 1 amide bonds. The smallest absolute Gasteiger partial charge is 0.220 e. The van der Waals surface area contributed by atoms with Crippen molar-refractivity contribution < 1.29 is 24.0 Å². The first-order valence-corrected chi connectivity index (χ1v) is 8.17. The lowest BCUT2D eigenvalue weighted by molar-refractivity contribution is -0.127. The highest BCUT2D eigenvalue weighted by Crippen LogP contribution is 2.04. The third kappa shape index (κ3) is 11.2. The third-order valence-electron chi connectivity index (χ3n) is 2.84. The Bertz CT molecular complexity index is 445. The van der Waals surface area contributed by atoms with Crippen molar-refractivity contribution in [2.24, 2.45) is 5.92 Å². The summed E-state index contributed by atoms with van der Waals surface area (Å²) in [6.07, 6.45) is 0.347. The second kappa shape index (κ2) is 11.1. The molecule has 0 unspecified atom stereocenters. The van der Waals surface area contributed by atoms with Crippen LogP contribution in [-0.4, -0.2) is 40.7 Å². The number of rotatable bonds is 11. The van der Waals surface area contributed by atoms with Crippen LogP contribution in [0.4, 0.5) is 0 Å². The number of thioether (sulfide) groups is 1. The summed E-state index contributed by atoms with van der Waals surface area (Å²) in [6, 6.07) is 0. The number of carbonyl (C=O) groups is 5. The van der Waals surface area contributed by atoms with Gasteiger partial charge >= 0.3 is 0 Å². The second-order valence-electron chi connectivity index (χ2n) is 5.26. The largest absolute Gasteiger partial charge is 0.349 e. The number of ketones is 3. The van der Waals surface area contributed by atoms with Crippen molar-refractivity contribution in [2.75, 3.05) is 12.3 Å². The zero-order chi connectivity index (χ0) is 17.1. The summed E-state index contributed by atoms with van der Waals surface area (Å²) in [5, 5.41) is 2.29. The minimum Gasteiger partial charge on any atom is -0.349 e. The Labute approximate surface area is 134 Å². The Morgan fingerprint density at radius 2 is 1.50 bits per heavy atom. The van der Waals surface area contributed by atoms with Crippen molar-refractivity contribution in [3.05, 3.63) is 0 Å². The molecule has 0 fully saturated rings. The predicted molar refractivity (Wildman–Crippen MR) is 84.5 cm³/mol. The van der Waals surface area contributed by atoms with Gasteiger partial charge in [0.05, 0.1) is 12.3 Å². The van der Waals surface area contributed by atoms with E-state index in [0.29, 0.717) is 0 Å². The van der Waals surface area contributed by atoms with Crippen LogP contribution in [0, 0.1) is 5.92 Å². The van der Waals surface area contributed by atoms with Gasteiger partial charge < -0.3 is 5.32 Å². The first kappa shape index (κ1) is 20.5. The first-order valence-electron chi connectivity index (χ1n) is 7.18. The van der Waals surface area contributed by atoms with E-state index in [1.807, 2.05) is 0 Å². The van der Waals surface area contributed by atoms with Crippen LogP contribution in [0.2, 0.25) is 0 Å². The zero-order valence-corrected chi connectivity index (χ0v) is 14.1. The summed E-state index contributed by atoms with van der Waals surface area (Å²) in [7, 11) is 0. The van der Waals surface area contributed by atoms with Crippen LogP contribution in [0.3, 0.4) is 0 Å². The molecule has 124 valence electrons. The quantitative estimate of drug-likeness (QED) is 0.614. The molecular weight excluding hydrogens is 306 g/mol. The SMILES string of the molecule is CC(=O)SCC(=O)CCC(=O)NCC(=O)CCC(=O)C(C)C. The molecule has 0 aromatic rings. The Kier molecular flexibility index (Phi) is 10.4. The topological polar surface area (TPSA) is 97.4 Å². The molecule has 0 bridgehead atoms. The van der Waals surface area contributed by atoms with Gasteiger partial charge in [0.25, 0.3) is 0 Å². The van der Waals surface area contributed by atoms with Gasteiger partial charge in [0, 0.05) is 38.5 Å². The summed E-state index contributed by atoms with van der Waals surface area (Å²) in [4.78, 5) is 56.4. The fourth-order valence-electron chi connectivity index (χ4n) is 1.43. The van der Waals surface area contributed by atoms with Gasteiger partial charge in [-0.3, -0.25) is 24.0 Å². The molecule has 22 heavy (non-hydrogen) atoms. The summed E-state index contributed by atoms with van der Waals surface area (Å²) in [6.45, 7) is 4.80. The number of hydrogen-bond donors (Lipinski definition) is 1. The molecule has 0 aliphatic heterocycles. The Morgan fingerprint density at radius 3 is 2.05 bits per heavy atom. The maximum absolute atomic E-state index is 11.5. The van der Waals surface area contributed by atoms with E-state index in [0.717, 1.165) is 11.8 Å². The van der Waals surface area contributed by atoms with Crippen LogP contribution in [0.15, 0.2) is 0 Å². The average Bonchev–Trinajstić information content (AvgIpc) is 2.45. The van der Waals surface area contributed by atoms with E-state index in [2.05, 4.69) is 5.32 Å². The molecule has 6 nitrogen and oxygen atoms in total. The van der Waals surface area contributed by atoms with Crippen LogP contribution >= 0.6 is 11.8 Å². The lowest BCUT2D eigenvalue weighted by atomic mass is 10.0. The van der Waals surface area contributed by atoms with Crippen LogP contribution in [0.25, 0.3) is 0 Å². The van der Waals surface area contributed by atoms with Crippen molar-refractivity contribution in [1.82, 2.24) is 5.32 Å². The number of nitrogens with one attached hydrogen (secondary N) is 1. The maximum Gasteiger partial charge on any atom is 0.220 e. The minimum atomic E-state index is -0.385. The van der Waals surface area contributed by atoms with Crippen LogP contribution < -0.4 is 5.32 Å². The van der Waals surface area contributed by atoms with E-state index in [4.69, 9.17) is 0 Å². The van der Waals surface area contributed by atoms with E-state index < -0.39 is 0 Å². The molecule has 0 saturated carbocycles. The predicted octanol–water partition coefficient (Wildman–Crippen LogP) is 1.31. The third-order valence-corrected chi connectivity index (χ3v) is 3.72. The molecule has 0 rings (SSSR count). The highest BCUT2D eigenvalue weighted by molar-refractivity contribution is 8.14. The van der Waals surface area contributed by atoms with Crippen molar-refractivity contribution in [3.63, 3.8) is 0 Å². The molecular formula is C15H23NO5S. The maximum atomic E-state index is 11.5. The number of Topliss-reactive ketones (excluding diaryl/α,β-unsaturated/α-hetero) is 3. The standard InChI is InChI=1S/C15H23NO5S/c1-10(2)14(20)6-4-12(18)8-16-15(21)7-5-13(19)9-22-11(3)17/h10H,4-9H2,1-3H3,(H,16,21). The average molecular weight is 329 g/mol. The molecule has 7 heteroatoms. The minimum absolute atomic E-state index is 0.00446. The van der Waals surface area contributed by atoms with Crippen molar-refractivity contribution in [2.45, 2.75) is 46.5 Å². The number of hydrogen-bond acceptors (Lipinski definition) is 6. The van der Waals surface area contributed by atoms with Crippen molar-refractivity contribution >= 4 is 40.1 Å². The van der Waals surface area contributed by atoms with E-state index >= 15 is 0 Å². The van der Waals surface area contributed by atoms with E-state index in [-0.39, 0.29) is 72.3 Å². The second-order valence-corrected chi connectivity index (χ2v) is 6.41. The molecule has 0 aromatic carbocycles. The summed E-state index contributed by atoms with van der Waals surface area (Å²) in [5.41, 5.74) is 0. The molecule has 0 aliphatic rings. The van der Waals surface area contributed by atoms with Gasteiger partial charge in [-0.15, -0.1) is 0 Å². The Balaban J connectivity index is 3.80. The monoisotopic (exact) mass is 329 g/mol. The molecule has 0 saturated heterocycles. The molecule has 1 N–H and O–H groups in total. The highest BCUT2D eigenvalue weighted by Gasteiger charge is 2.12. The van der Waals surface area contributed by atoms with Crippen molar-refractivity contribution in [3.8, 4) is 0 Å². The molecule has 0 atom stereocenters. The summed E-state index contributed by atoms with van der Waals surface area (Å²) < 4.78 is 0.